The van der Waals surface area contributed by atoms with E-state index in [1.54, 1.807) is 0 Å². The number of anilines is 1. The predicted octanol–water partition coefficient (Wildman–Crippen LogP) is 1.44. The lowest BCUT2D eigenvalue weighted by atomic mass is 10.2. The van der Waals surface area contributed by atoms with E-state index in [0.717, 1.165) is 0 Å². The predicted molar refractivity (Wildman–Crippen MR) is 68.8 cm³/mol. The van der Waals surface area contributed by atoms with Gasteiger partial charge in [0.25, 0.3) is 5.91 Å². The number of rotatable bonds is 3. The van der Waals surface area contributed by atoms with Crippen LogP contribution >= 0.6 is 12.2 Å². The molecule has 0 aliphatic rings. The molecule has 2 rings (SSSR count). The summed E-state index contributed by atoms with van der Waals surface area (Å²) in [6, 6.07) is 5.52. The molecule has 0 saturated carbocycles. The molecule has 1 heterocycles. The van der Waals surface area contributed by atoms with Crippen molar-refractivity contribution in [2.75, 3.05) is 5.32 Å². The molecule has 0 fully saturated rings. The number of carbonyl (C=O) groups excluding carboxylic acids is 1. The minimum atomic E-state index is -0.526. The summed E-state index contributed by atoms with van der Waals surface area (Å²) in [6.07, 6.45) is 1.46. The van der Waals surface area contributed by atoms with Gasteiger partial charge in [0.15, 0.2) is 0 Å². The molecular weight excluding hydrogens is 255 g/mol. The largest absolute Gasteiger partial charge is 0.389 e. The molecule has 92 valence electrons. The first kappa shape index (κ1) is 12.2. The van der Waals surface area contributed by atoms with Crippen LogP contribution in [0.5, 0.6) is 0 Å². The highest BCUT2D eigenvalue weighted by molar-refractivity contribution is 7.80. The normalized spacial score (nSPS) is 10.1. The van der Waals surface area contributed by atoms with Crippen LogP contribution in [0.25, 0.3) is 0 Å². The Bertz CT molecular complexity index is 597. The number of aromatic nitrogens is 2. The highest BCUT2D eigenvalue weighted by atomic mass is 32.1. The molecule has 4 N–H and O–H groups in total. The average molecular weight is 264 g/mol. The van der Waals surface area contributed by atoms with Crippen LogP contribution in [0.15, 0.2) is 30.5 Å². The number of halogens is 1. The van der Waals surface area contributed by atoms with Gasteiger partial charge in [-0.15, -0.1) is 0 Å². The summed E-state index contributed by atoms with van der Waals surface area (Å²) < 4.78 is 13.3. The number of hydrogen-bond donors (Lipinski definition) is 3. The minimum Gasteiger partial charge on any atom is -0.389 e. The Hall–Kier alpha value is -2.28. The molecule has 5 nitrogen and oxygen atoms in total. The third kappa shape index (κ3) is 2.51. The Morgan fingerprint density at radius 1 is 1.44 bits per heavy atom. The average Bonchev–Trinajstić information content (AvgIpc) is 2.85. The number of benzene rings is 1. The van der Waals surface area contributed by atoms with Gasteiger partial charge >= 0.3 is 0 Å². The Kier molecular flexibility index (Phi) is 3.33. The van der Waals surface area contributed by atoms with Gasteiger partial charge < -0.3 is 11.1 Å². The quantitative estimate of drug-likeness (QED) is 0.732. The highest BCUT2D eigenvalue weighted by Crippen LogP contribution is 2.15. The molecule has 0 aliphatic carbocycles. The van der Waals surface area contributed by atoms with E-state index in [1.165, 1.54) is 30.5 Å². The van der Waals surface area contributed by atoms with Crippen molar-refractivity contribution in [3.05, 3.63) is 47.5 Å². The molecule has 2 aromatic rings. The van der Waals surface area contributed by atoms with Crippen LogP contribution in [-0.4, -0.2) is 21.1 Å². The zero-order valence-electron chi connectivity index (χ0n) is 9.11. The van der Waals surface area contributed by atoms with Crippen molar-refractivity contribution in [3.8, 4) is 0 Å². The SMILES string of the molecule is NC(=S)c1cc(NC(=O)c2ccn[nH]2)ccc1F. The van der Waals surface area contributed by atoms with E-state index in [9.17, 15) is 9.18 Å². The molecule has 7 heteroatoms. The summed E-state index contributed by atoms with van der Waals surface area (Å²) in [5, 5.41) is 8.75. The Balaban J connectivity index is 2.22. The lowest BCUT2D eigenvalue weighted by Crippen LogP contribution is -2.15. The van der Waals surface area contributed by atoms with Crippen molar-refractivity contribution >= 4 is 28.8 Å². The Labute approximate surface area is 107 Å². The summed E-state index contributed by atoms with van der Waals surface area (Å²) in [5.74, 6) is -0.907. The van der Waals surface area contributed by atoms with Crippen LogP contribution in [0.2, 0.25) is 0 Å². The van der Waals surface area contributed by atoms with Gasteiger partial charge in [-0.05, 0) is 24.3 Å². The van der Waals surface area contributed by atoms with Crippen LogP contribution in [-0.2, 0) is 0 Å². The van der Waals surface area contributed by atoms with Crippen molar-refractivity contribution in [2.45, 2.75) is 0 Å². The van der Waals surface area contributed by atoms with Crippen molar-refractivity contribution in [1.29, 1.82) is 0 Å². The van der Waals surface area contributed by atoms with Gasteiger partial charge in [-0.25, -0.2) is 4.39 Å². The molecule has 0 saturated heterocycles. The highest BCUT2D eigenvalue weighted by Gasteiger charge is 2.10. The fraction of sp³-hybridized carbons (Fsp3) is 0. The molecule has 18 heavy (non-hydrogen) atoms. The molecule has 0 radical (unpaired) electrons. The number of H-pyrrole nitrogens is 1. The lowest BCUT2D eigenvalue weighted by Gasteiger charge is -2.06. The number of thiocarbonyl (C=S) groups is 1. The number of amides is 1. The number of nitrogens with two attached hydrogens (primary N) is 1. The van der Waals surface area contributed by atoms with Crippen molar-refractivity contribution in [1.82, 2.24) is 10.2 Å². The van der Waals surface area contributed by atoms with E-state index < -0.39 is 5.82 Å². The monoisotopic (exact) mass is 264 g/mol. The summed E-state index contributed by atoms with van der Waals surface area (Å²) >= 11 is 4.71. The minimum absolute atomic E-state index is 0.0647. The number of carbonyl (C=O) groups is 1. The van der Waals surface area contributed by atoms with Gasteiger partial charge in [0, 0.05) is 17.4 Å². The maximum Gasteiger partial charge on any atom is 0.273 e. The van der Waals surface area contributed by atoms with Gasteiger partial charge in [-0.2, -0.15) is 5.10 Å². The molecule has 1 amide bonds. The number of hydrogen-bond acceptors (Lipinski definition) is 3. The van der Waals surface area contributed by atoms with E-state index in [0.29, 0.717) is 11.4 Å². The summed E-state index contributed by atoms with van der Waals surface area (Å²) in [4.78, 5) is 11.6. The van der Waals surface area contributed by atoms with Gasteiger partial charge in [0.1, 0.15) is 16.5 Å². The van der Waals surface area contributed by atoms with Crippen molar-refractivity contribution in [3.63, 3.8) is 0 Å². The molecule has 0 unspecified atom stereocenters. The van der Waals surface area contributed by atoms with Gasteiger partial charge in [-0.3, -0.25) is 9.89 Å². The number of aromatic amines is 1. The Morgan fingerprint density at radius 3 is 2.83 bits per heavy atom. The summed E-state index contributed by atoms with van der Waals surface area (Å²) in [7, 11) is 0. The van der Waals surface area contributed by atoms with Crippen LogP contribution in [0.1, 0.15) is 16.1 Å². The van der Waals surface area contributed by atoms with Crippen LogP contribution < -0.4 is 11.1 Å². The maximum atomic E-state index is 13.3. The van der Waals surface area contributed by atoms with E-state index in [1.807, 2.05) is 0 Å². The number of nitrogens with zero attached hydrogens (tertiary/aromatic N) is 1. The van der Waals surface area contributed by atoms with E-state index in [2.05, 4.69) is 15.5 Å². The molecule has 0 aliphatic heterocycles. The van der Waals surface area contributed by atoms with Crippen molar-refractivity contribution in [2.24, 2.45) is 5.73 Å². The molecule has 0 spiro atoms. The second kappa shape index (κ2) is 4.92. The third-order valence-electron chi connectivity index (χ3n) is 2.24. The number of nitrogens with one attached hydrogen (secondary N) is 2. The first-order chi connectivity index (χ1) is 8.58. The molecule has 1 aromatic heterocycles. The van der Waals surface area contributed by atoms with Crippen molar-refractivity contribution < 1.29 is 9.18 Å². The Morgan fingerprint density at radius 2 is 2.22 bits per heavy atom. The zero-order valence-corrected chi connectivity index (χ0v) is 9.92. The second-order valence-corrected chi connectivity index (χ2v) is 3.92. The molecule has 0 atom stereocenters. The standard InChI is InChI=1S/C11H9FN4OS/c12-8-2-1-6(5-7(8)10(13)18)15-11(17)9-3-4-14-16-9/h1-5H,(H2,13,18)(H,14,16)(H,15,17). The lowest BCUT2D eigenvalue weighted by molar-refractivity contribution is 0.102. The van der Waals surface area contributed by atoms with Gasteiger partial charge in [0.2, 0.25) is 0 Å². The van der Waals surface area contributed by atoms with Gasteiger partial charge in [-0.1, -0.05) is 12.2 Å². The zero-order chi connectivity index (χ0) is 13.1. The van der Waals surface area contributed by atoms with Crippen LogP contribution in [0.4, 0.5) is 10.1 Å². The molecular formula is C11H9FN4OS. The van der Waals surface area contributed by atoms with Crippen LogP contribution in [0.3, 0.4) is 0 Å². The summed E-state index contributed by atoms with van der Waals surface area (Å²) in [6.45, 7) is 0. The second-order valence-electron chi connectivity index (χ2n) is 3.48. The van der Waals surface area contributed by atoms with Gasteiger partial charge in [0.05, 0.1) is 0 Å². The first-order valence-corrected chi connectivity index (χ1v) is 5.39. The van der Waals surface area contributed by atoms with Crippen LogP contribution in [0, 0.1) is 5.82 Å². The topological polar surface area (TPSA) is 83.8 Å². The third-order valence-corrected chi connectivity index (χ3v) is 2.45. The molecule has 0 bridgehead atoms. The van der Waals surface area contributed by atoms with E-state index >= 15 is 0 Å². The van der Waals surface area contributed by atoms with E-state index in [4.69, 9.17) is 18.0 Å². The fourth-order valence-corrected chi connectivity index (χ4v) is 1.53. The maximum absolute atomic E-state index is 13.3. The smallest absolute Gasteiger partial charge is 0.273 e. The molecule has 1 aromatic carbocycles. The fourth-order valence-electron chi connectivity index (χ4n) is 1.37. The summed E-state index contributed by atoms with van der Waals surface area (Å²) in [5.41, 5.74) is 6.17. The van der Waals surface area contributed by atoms with E-state index in [-0.39, 0.29) is 16.5 Å². The first-order valence-electron chi connectivity index (χ1n) is 4.98.